The zero-order chi connectivity index (χ0) is 18.9. The highest BCUT2D eigenvalue weighted by Gasteiger charge is 2.09. The van der Waals surface area contributed by atoms with Gasteiger partial charge in [0.25, 0.3) is 0 Å². The average molecular weight is 371 g/mol. The molecular formula is C21H34N6. The first-order valence-electron chi connectivity index (χ1n) is 10.4. The van der Waals surface area contributed by atoms with Crippen molar-refractivity contribution in [1.82, 2.24) is 25.1 Å². The molecule has 0 radical (unpaired) electrons. The van der Waals surface area contributed by atoms with Crippen molar-refractivity contribution in [2.75, 3.05) is 32.7 Å². The number of likely N-dealkylation sites (tertiary alicyclic amines) is 1. The zero-order valence-corrected chi connectivity index (χ0v) is 16.9. The SMILES string of the molecule is CCNC(=NCc1nc2ccccc2n1C)NCCCN1CCCCCC1. The van der Waals surface area contributed by atoms with Gasteiger partial charge in [0.15, 0.2) is 5.96 Å². The van der Waals surface area contributed by atoms with Gasteiger partial charge < -0.3 is 20.1 Å². The summed E-state index contributed by atoms with van der Waals surface area (Å²) < 4.78 is 2.13. The van der Waals surface area contributed by atoms with Gasteiger partial charge in [-0.25, -0.2) is 9.98 Å². The molecule has 0 unspecified atom stereocenters. The molecule has 0 spiro atoms. The summed E-state index contributed by atoms with van der Waals surface area (Å²) >= 11 is 0. The maximum atomic E-state index is 4.74. The van der Waals surface area contributed by atoms with Crippen molar-refractivity contribution in [2.24, 2.45) is 12.0 Å². The molecule has 1 fully saturated rings. The Morgan fingerprint density at radius 1 is 1.11 bits per heavy atom. The van der Waals surface area contributed by atoms with E-state index in [1.807, 2.05) is 12.1 Å². The van der Waals surface area contributed by atoms with Gasteiger partial charge in [0, 0.05) is 20.1 Å². The predicted molar refractivity (Wildman–Crippen MR) is 113 cm³/mol. The smallest absolute Gasteiger partial charge is 0.191 e. The van der Waals surface area contributed by atoms with E-state index in [1.165, 1.54) is 45.3 Å². The third-order valence-electron chi connectivity index (χ3n) is 5.24. The van der Waals surface area contributed by atoms with Gasteiger partial charge in [0.1, 0.15) is 12.4 Å². The lowest BCUT2D eigenvalue weighted by Crippen LogP contribution is -2.39. The summed E-state index contributed by atoms with van der Waals surface area (Å²) in [5, 5.41) is 6.82. The number of para-hydroxylation sites is 2. The molecule has 2 aromatic rings. The Morgan fingerprint density at radius 3 is 2.63 bits per heavy atom. The summed E-state index contributed by atoms with van der Waals surface area (Å²) in [5.41, 5.74) is 2.18. The lowest BCUT2D eigenvalue weighted by atomic mass is 10.2. The lowest BCUT2D eigenvalue weighted by Gasteiger charge is -2.20. The van der Waals surface area contributed by atoms with E-state index in [-0.39, 0.29) is 0 Å². The van der Waals surface area contributed by atoms with Crippen LogP contribution in [0.25, 0.3) is 11.0 Å². The van der Waals surface area contributed by atoms with Gasteiger partial charge in [-0.15, -0.1) is 0 Å². The highest BCUT2D eigenvalue weighted by atomic mass is 15.2. The van der Waals surface area contributed by atoms with E-state index < -0.39 is 0 Å². The van der Waals surface area contributed by atoms with Gasteiger partial charge in [-0.1, -0.05) is 25.0 Å². The molecule has 1 aliphatic rings. The second kappa shape index (κ2) is 10.3. The first kappa shape index (κ1) is 19.7. The van der Waals surface area contributed by atoms with Crippen LogP contribution in [0.5, 0.6) is 0 Å². The number of rotatable bonds is 7. The summed E-state index contributed by atoms with van der Waals surface area (Å²) in [5.74, 6) is 1.86. The minimum absolute atomic E-state index is 0.576. The largest absolute Gasteiger partial charge is 0.357 e. The third-order valence-corrected chi connectivity index (χ3v) is 5.24. The first-order valence-corrected chi connectivity index (χ1v) is 10.4. The fraction of sp³-hybridized carbons (Fsp3) is 0.619. The number of aromatic nitrogens is 2. The molecule has 0 atom stereocenters. The standard InChI is InChI=1S/C21H34N6/c1-3-22-21(23-13-10-16-27-14-8-4-5-9-15-27)24-17-20-25-18-11-6-7-12-19(18)26(20)2/h6-7,11-12H,3-5,8-10,13-17H2,1-2H3,(H2,22,23,24). The molecule has 2 heterocycles. The number of nitrogens with zero attached hydrogens (tertiary/aromatic N) is 4. The van der Waals surface area contributed by atoms with Gasteiger partial charge in [0.2, 0.25) is 0 Å². The summed E-state index contributed by atoms with van der Waals surface area (Å²) in [6.07, 6.45) is 6.66. The molecule has 2 N–H and O–H groups in total. The molecule has 1 aromatic heterocycles. The quantitative estimate of drug-likeness (QED) is 0.447. The number of aryl methyl sites for hydroxylation is 1. The minimum atomic E-state index is 0.576. The fourth-order valence-electron chi connectivity index (χ4n) is 3.70. The highest BCUT2D eigenvalue weighted by molar-refractivity contribution is 5.80. The van der Waals surface area contributed by atoms with Crippen LogP contribution < -0.4 is 10.6 Å². The molecule has 148 valence electrons. The van der Waals surface area contributed by atoms with Gasteiger partial charge in [0.05, 0.1) is 11.0 Å². The van der Waals surface area contributed by atoms with E-state index in [4.69, 9.17) is 9.98 Å². The number of hydrogen-bond donors (Lipinski definition) is 2. The Labute approximate surface area is 163 Å². The molecule has 27 heavy (non-hydrogen) atoms. The third kappa shape index (κ3) is 5.70. The first-order chi connectivity index (χ1) is 13.3. The Bertz CT molecular complexity index is 727. The number of fused-ring (bicyclic) bond motifs is 1. The van der Waals surface area contributed by atoms with Crippen LogP contribution in [0, 0.1) is 0 Å². The molecule has 1 aromatic carbocycles. The fourth-order valence-corrected chi connectivity index (χ4v) is 3.70. The van der Waals surface area contributed by atoms with Crippen molar-refractivity contribution in [3.8, 4) is 0 Å². The Kier molecular flexibility index (Phi) is 7.51. The van der Waals surface area contributed by atoms with E-state index in [2.05, 4.69) is 46.2 Å². The maximum Gasteiger partial charge on any atom is 0.191 e. The summed E-state index contributed by atoms with van der Waals surface area (Å²) in [4.78, 5) is 12.1. The van der Waals surface area contributed by atoms with Crippen molar-refractivity contribution >= 4 is 17.0 Å². The summed E-state index contributed by atoms with van der Waals surface area (Å²) in [6, 6.07) is 8.22. The molecule has 1 saturated heterocycles. The molecule has 1 aliphatic heterocycles. The van der Waals surface area contributed by atoms with Crippen molar-refractivity contribution < 1.29 is 0 Å². The normalized spacial score (nSPS) is 16.4. The topological polar surface area (TPSA) is 57.5 Å². The van der Waals surface area contributed by atoms with E-state index in [0.717, 1.165) is 42.3 Å². The second-order valence-electron chi connectivity index (χ2n) is 7.31. The van der Waals surface area contributed by atoms with Gasteiger partial charge >= 0.3 is 0 Å². The molecule has 0 amide bonds. The predicted octanol–water partition coefficient (Wildman–Crippen LogP) is 2.89. The van der Waals surface area contributed by atoms with Crippen molar-refractivity contribution in [3.63, 3.8) is 0 Å². The van der Waals surface area contributed by atoms with Gasteiger partial charge in [-0.05, 0) is 58.0 Å². The summed E-state index contributed by atoms with van der Waals surface area (Å²) in [6.45, 7) is 8.19. The van der Waals surface area contributed by atoms with Crippen molar-refractivity contribution in [3.05, 3.63) is 30.1 Å². The van der Waals surface area contributed by atoms with Gasteiger partial charge in [-0.2, -0.15) is 0 Å². The molecular weight excluding hydrogens is 336 g/mol. The van der Waals surface area contributed by atoms with Crippen molar-refractivity contribution in [2.45, 2.75) is 45.6 Å². The number of aliphatic imine (C=N–C) groups is 1. The van der Waals surface area contributed by atoms with Crippen LogP contribution in [0.15, 0.2) is 29.3 Å². The molecule has 0 bridgehead atoms. The molecule has 0 saturated carbocycles. The summed E-state index contributed by atoms with van der Waals surface area (Å²) in [7, 11) is 2.06. The van der Waals surface area contributed by atoms with Gasteiger partial charge in [-0.3, -0.25) is 0 Å². The van der Waals surface area contributed by atoms with Crippen LogP contribution in [-0.2, 0) is 13.6 Å². The Morgan fingerprint density at radius 2 is 1.89 bits per heavy atom. The highest BCUT2D eigenvalue weighted by Crippen LogP contribution is 2.14. The van der Waals surface area contributed by atoms with Crippen LogP contribution in [0.4, 0.5) is 0 Å². The van der Waals surface area contributed by atoms with Crippen LogP contribution >= 0.6 is 0 Å². The molecule has 3 rings (SSSR count). The Balaban J connectivity index is 1.50. The second-order valence-corrected chi connectivity index (χ2v) is 7.31. The number of imidazole rings is 1. The van der Waals surface area contributed by atoms with Crippen LogP contribution in [-0.4, -0.2) is 53.1 Å². The van der Waals surface area contributed by atoms with E-state index in [0.29, 0.717) is 6.54 Å². The number of guanidine groups is 1. The van der Waals surface area contributed by atoms with Crippen LogP contribution in [0.1, 0.15) is 44.9 Å². The average Bonchev–Trinajstić information content (AvgIpc) is 2.85. The number of benzene rings is 1. The van der Waals surface area contributed by atoms with Crippen LogP contribution in [0.3, 0.4) is 0 Å². The monoisotopic (exact) mass is 370 g/mol. The van der Waals surface area contributed by atoms with E-state index >= 15 is 0 Å². The van der Waals surface area contributed by atoms with E-state index in [1.54, 1.807) is 0 Å². The van der Waals surface area contributed by atoms with E-state index in [9.17, 15) is 0 Å². The maximum absolute atomic E-state index is 4.74. The minimum Gasteiger partial charge on any atom is -0.357 e. The number of nitrogens with one attached hydrogen (secondary N) is 2. The van der Waals surface area contributed by atoms with Crippen molar-refractivity contribution in [1.29, 1.82) is 0 Å². The Hall–Kier alpha value is -2.08. The number of hydrogen-bond acceptors (Lipinski definition) is 3. The molecule has 0 aliphatic carbocycles. The lowest BCUT2D eigenvalue weighted by molar-refractivity contribution is 0.282. The molecule has 6 heteroatoms. The van der Waals surface area contributed by atoms with Crippen LogP contribution in [0.2, 0.25) is 0 Å². The zero-order valence-electron chi connectivity index (χ0n) is 16.9. The molecule has 6 nitrogen and oxygen atoms in total.